The Balaban J connectivity index is 0. The van der Waals surface area contributed by atoms with Crippen LogP contribution < -0.4 is 5.73 Å². The Hall–Kier alpha value is -0.477. The molecule has 0 bridgehead atoms. The van der Waals surface area contributed by atoms with E-state index in [1.165, 1.54) is 0 Å². The van der Waals surface area contributed by atoms with Crippen LogP contribution in [0.15, 0.2) is 0 Å². The first-order chi connectivity index (χ1) is 5.04. The number of carbonyl (C=O) groups is 2. The molecular formula is C6H11NO4Zn. The van der Waals surface area contributed by atoms with Gasteiger partial charge in [-0.15, -0.1) is 0 Å². The third-order valence-electron chi connectivity index (χ3n) is 1.22. The molecule has 0 spiro atoms. The average molecular weight is 227 g/mol. The minimum Gasteiger partial charge on any atom is -0.481 e. The fraction of sp³-hybridized carbons (Fsp3) is 0.667. The van der Waals surface area contributed by atoms with Crippen molar-refractivity contribution in [1.29, 1.82) is 0 Å². The molecule has 1 atom stereocenters. The summed E-state index contributed by atoms with van der Waals surface area (Å²) < 4.78 is 0. The van der Waals surface area contributed by atoms with Gasteiger partial charge in [-0.05, 0) is 12.8 Å². The molecule has 0 heterocycles. The zero-order valence-corrected chi connectivity index (χ0v) is 9.66. The molecule has 66 valence electrons. The molecule has 0 fully saturated rings. The van der Waals surface area contributed by atoms with Crippen molar-refractivity contribution in [2.45, 2.75) is 25.3 Å². The summed E-state index contributed by atoms with van der Waals surface area (Å²) in [5.74, 6) is -2.02. The van der Waals surface area contributed by atoms with E-state index < -0.39 is 18.0 Å². The van der Waals surface area contributed by atoms with Crippen LogP contribution in [0, 0.1) is 0 Å². The second-order valence-corrected chi connectivity index (χ2v) is 2.23. The molecule has 0 saturated carbocycles. The number of nitrogens with two attached hydrogens (primary N) is 1. The third kappa shape index (κ3) is 7.63. The van der Waals surface area contributed by atoms with E-state index in [0.717, 1.165) is 0 Å². The minimum absolute atomic E-state index is 0. The molecule has 0 rings (SSSR count). The monoisotopic (exact) mass is 225 g/mol. The van der Waals surface area contributed by atoms with Crippen molar-refractivity contribution < 1.29 is 39.3 Å². The Morgan fingerprint density at radius 3 is 2.17 bits per heavy atom. The topological polar surface area (TPSA) is 101 Å². The summed E-state index contributed by atoms with van der Waals surface area (Å²) in [5.41, 5.74) is 5.11. The van der Waals surface area contributed by atoms with E-state index in [4.69, 9.17) is 15.9 Å². The molecule has 0 radical (unpaired) electrons. The molecule has 0 unspecified atom stereocenters. The van der Waals surface area contributed by atoms with Gasteiger partial charge in [0.05, 0.1) is 0 Å². The first-order valence-electron chi connectivity index (χ1n) is 3.24. The Morgan fingerprint density at radius 2 is 1.83 bits per heavy atom. The second kappa shape index (κ2) is 7.19. The Labute approximate surface area is 82.7 Å². The predicted octanol–water partition coefficient (Wildman–Crippen LogP) is -0.349. The third-order valence-corrected chi connectivity index (χ3v) is 1.22. The van der Waals surface area contributed by atoms with Crippen LogP contribution in [0.2, 0.25) is 0 Å². The zero-order chi connectivity index (χ0) is 8.85. The van der Waals surface area contributed by atoms with Gasteiger partial charge >= 0.3 is 11.9 Å². The molecule has 0 aromatic heterocycles. The van der Waals surface area contributed by atoms with Crippen molar-refractivity contribution in [2.24, 2.45) is 5.73 Å². The number of hydrogen-bond donors (Lipinski definition) is 3. The number of hydrogen-bond acceptors (Lipinski definition) is 3. The number of carboxylic acids is 2. The maximum atomic E-state index is 10.1. The predicted molar refractivity (Wildman–Crippen MR) is 37.1 cm³/mol. The molecule has 0 amide bonds. The zero-order valence-electron chi connectivity index (χ0n) is 6.69. The summed E-state index contributed by atoms with van der Waals surface area (Å²) in [6, 6.07) is -0.936. The molecular weight excluding hydrogens is 215 g/mol. The van der Waals surface area contributed by atoms with Crippen LogP contribution in [-0.4, -0.2) is 28.2 Å². The van der Waals surface area contributed by atoms with E-state index in [2.05, 4.69) is 0 Å². The van der Waals surface area contributed by atoms with Crippen molar-refractivity contribution in [3.63, 3.8) is 0 Å². The largest absolute Gasteiger partial charge is 0.481 e. The van der Waals surface area contributed by atoms with Gasteiger partial charge in [-0.2, -0.15) is 0 Å². The summed E-state index contributed by atoms with van der Waals surface area (Å²) >= 11 is 0. The number of rotatable bonds is 5. The molecule has 4 N–H and O–H groups in total. The fourth-order valence-corrected chi connectivity index (χ4v) is 0.597. The van der Waals surface area contributed by atoms with Crippen molar-refractivity contribution in [1.82, 2.24) is 0 Å². The van der Waals surface area contributed by atoms with Gasteiger partial charge < -0.3 is 15.9 Å². The minimum atomic E-state index is -1.09. The van der Waals surface area contributed by atoms with Crippen molar-refractivity contribution in [3.8, 4) is 0 Å². The number of carboxylic acid groups (broad SMARTS) is 2. The van der Waals surface area contributed by atoms with Crippen LogP contribution in [0.3, 0.4) is 0 Å². The first kappa shape index (κ1) is 14.1. The maximum absolute atomic E-state index is 10.1. The van der Waals surface area contributed by atoms with E-state index in [0.29, 0.717) is 6.42 Å². The van der Waals surface area contributed by atoms with Gasteiger partial charge in [-0.25, -0.2) is 0 Å². The van der Waals surface area contributed by atoms with Gasteiger partial charge in [0.1, 0.15) is 6.04 Å². The molecule has 6 heteroatoms. The summed E-state index contributed by atoms with van der Waals surface area (Å²) in [5, 5.41) is 16.5. The van der Waals surface area contributed by atoms with Crippen LogP contribution >= 0.6 is 0 Å². The maximum Gasteiger partial charge on any atom is 0.320 e. The van der Waals surface area contributed by atoms with E-state index >= 15 is 0 Å². The van der Waals surface area contributed by atoms with Crippen LogP contribution in [0.5, 0.6) is 0 Å². The standard InChI is InChI=1S/C6H11NO4.Zn/c7-4(6(10)11)2-1-3-5(8)9;/h4H,1-3,7H2,(H,8,9)(H,10,11);/t4-;/m0./s1. The Morgan fingerprint density at radius 1 is 1.33 bits per heavy atom. The van der Waals surface area contributed by atoms with E-state index in [9.17, 15) is 9.59 Å². The molecule has 0 aliphatic carbocycles. The molecule has 0 saturated heterocycles. The van der Waals surface area contributed by atoms with Crippen LogP contribution in [0.25, 0.3) is 0 Å². The van der Waals surface area contributed by atoms with Gasteiger partial charge in [0, 0.05) is 25.9 Å². The Bertz CT molecular complexity index is 162. The van der Waals surface area contributed by atoms with Gasteiger partial charge in [-0.3, -0.25) is 9.59 Å². The molecule has 0 aromatic carbocycles. The fourth-order valence-electron chi connectivity index (χ4n) is 0.597. The average Bonchev–Trinajstić information content (AvgIpc) is 1.86. The normalized spacial score (nSPS) is 11.4. The summed E-state index contributed by atoms with van der Waals surface area (Å²) in [6.45, 7) is 0. The van der Waals surface area contributed by atoms with Gasteiger partial charge in [0.25, 0.3) is 0 Å². The van der Waals surface area contributed by atoms with E-state index in [-0.39, 0.29) is 32.3 Å². The first-order valence-corrected chi connectivity index (χ1v) is 3.24. The van der Waals surface area contributed by atoms with Gasteiger partial charge in [0.15, 0.2) is 0 Å². The van der Waals surface area contributed by atoms with Gasteiger partial charge in [0.2, 0.25) is 0 Å². The SMILES string of the molecule is N[C@@H](CCCC(=O)O)C(=O)O.[Zn]. The smallest absolute Gasteiger partial charge is 0.320 e. The Kier molecular flexibility index (Phi) is 8.43. The molecule has 0 aromatic rings. The van der Waals surface area contributed by atoms with Crippen LogP contribution in [0.1, 0.15) is 19.3 Å². The second-order valence-electron chi connectivity index (χ2n) is 2.23. The quantitative estimate of drug-likeness (QED) is 0.557. The van der Waals surface area contributed by atoms with E-state index in [1.54, 1.807) is 0 Å². The molecule has 12 heavy (non-hydrogen) atoms. The number of aliphatic carboxylic acids is 2. The van der Waals surface area contributed by atoms with Crippen molar-refractivity contribution in [2.75, 3.05) is 0 Å². The van der Waals surface area contributed by atoms with E-state index in [1.807, 2.05) is 0 Å². The summed E-state index contributed by atoms with van der Waals surface area (Å²) in [6.07, 6.45) is 0.491. The summed E-state index contributed by atoms with van der Waals surface area (Å²) in [4.78, 5) is 20.1. The van der Waals surface area contributed by atoms with Crippen LogP contribution in [0.4, 0.5) is 0 Å². The van der Waals surface area contributed by atoms with Crippen molar-refractivity contribution in [3.05, 3.63) is 0 Å². The summed E-state index contributed by atoms with van der Waals surface area (Å²) in [7, 11) is 0. The van der Waals surface area contributed by atoms with Crippen molar-refractivity contribution >= 4 is 11.9 Å². The molecule has 0 aliphatic heterocycles. The van der Waals surface area contributed by atoms with Crippen LogP contribution in [-0.2, 0) is 29.1 Å². The molecule has 5 nitrogen and oxygen atoms in total. The molecule has 0 aliphatic rings. The van der Waals surface area contributed by atoms with Gasteiger partial charge in [-0.1, -0.05) is 0 Å².